The maximum absolute atomic E-state index is 13.3. The lowest BCUT2D eigenvalue weighted by atomic mass is 10.1. The topological polar surface area (TPSA) is 63.5 Å². The number of hydrogen-bond acceptors (Lipinski definition) is 6. The number of thiazole rings is 1. The van der Waals surface area contributed by atoms with Gasteiger partial charge in [0.05, 0.1) is 23.4 Å². The summed E-state index contributed by atoms with van der Waals surface area (Å²) in [5, 5.41) is 5.06. The molecule has 0 radical (unpaired) electrons. The Morgan fingerprint density at radius 3 is 2.73 bits per heavy atom. The summed E-state index contributed by atoms with van der Waals surface area (Å²) in [5.74, 6) is -0.0963. The van der Waals surface area contributed by atoms with Crippen molar-refractivity contribution in [1.29, 1.82) is 0 Å². The minimum Gasteiger partial charge on any atom is -0.379 e. The first-order valence-corrected chi connectivity index (χ1v) is 10.8. The van der Waals surface area contributed by atoms with E-state index in [1.165, 1.54) is 5.56 Å². The number of carbonyl (C=O) groups excluding carboxylic acids is 1. The van der Waals surface area contributed by atoms with Crippen molar-refractivity contribution in [2.45, 2.75) is 20.3 Å². The van der Waals surface area contributed by atoms with Gasteiger partial charge in [0.15, 0.2) is 10.8 Å². The molecule has 1 amide bonds. The van der Waals surface area contributed by atoms with Gasteiger partial charge in [-0.1, -0.05) is 17.4 Å². The van der Waals surface area contributed by atoms with Gasteiger partial charge >= 0.3 is 0 Å². The molecule has 0 unspecified atom stereocenters. The van der Waals surface area contributed by atoms with E-state index in [9.17, 15) is 4.79 Å². The van der Waals surface area contributed by atoms with Crippen LogP contribution >= 0.6 is 23.7 Å². The average molecular weight is 450 g/mol. The van der Waals surface area contributed by atoms with Crippen LogP contribution in [0, 0.1) is 13.8 Å². The van der Waals surface area contributed by atoms with E-state index in [-0.39, 0.29) is 18.3 Å². The van der Waals surface area contributed by atoms with Crippen molar-refractivity contribution in [3.63, 3.8) is 0 Å². The monoisotopic (exact) mass is 449 g/mol. The molecule has 0 atom stereocenters. The summed E-state index contributed by atoms with van der Waals surface area (Å²) in [6.45, 7) is 9.19. The SMILES string of the molecule is Cc1cc(C)c2nc(N(CCCN3CCOCC3)C(=O)c3ccn(C)n3)sc2c1.Cl. The lowest BCUT2D eigenvalue weighted by Crippen LogP contribution is -2.39. The van der Waals surface area contributed by atoms with Gasteiger partial charge < -0.3 is 4.74 Å². The smallest absolute Gasteiger partial charge is 0.280 e. The number of morpholine rings is 1. The van der Waals surface area contributed by atoms with Gasteiger partial charge in [-0.2, -0.15) is 5.10 Å². The number of aryl methyl sites for hydroxylation is 3. The van der Waals surface area contributed by atoms with E-state index in [0.717, 1.165) is 60.2 Å². The second-order valence-electron chi connectivity index (χ2n) is 7.56. The highest BCUT2D eigenvalue weighted by Gasteiger charge is 2.24. The molecule has 0 bridgehead atoms. The van der Waals surface area contributed by atoms with E-state index >= 15 is 0 Å². The Hall–Kier alpha value is -2.00. The summed E-state index contributed by atoms with van der Waals surface area (Å²) in [4.78, 5) is 22.3. The molecule has 162 valence electrons. The molecule has 1 saturated heterocycles. The first-order valence-electron chi connectivity index (χ1n) is 10.0. The fourth-order valence-corrected chi connectivity index (χ4v) is 4.87. The first-order chi connectivity index (χ1) is 14.0. The van der Waals surface area contributed by atoms with E-state index in [4.69, 9.17) is 9.72 Å². The highest BCUT2D eigenvalue weighted by molar-refractivity contribution is 7.22. The number of halogens is 1. The summed E-state index contributed by atoms with van der Waals surface area (Å²) in [5.41, 5.74) is 3.77. The van der Waals surface area contributed by atoms with E-state index in [1.54, 1.807) is 33.2 Å². The van der Waals surface area contributed by atoms with Crippen LogP contribution in [-0.2, 0) is 11.8 Å². The maximum atomic E-state index is 13.3. The molecule has 1 fully saturated rings. The van der Waals surface area contributed by atoms with Crippen LogP contribution in [0.1, 0.15) is 28.0 Å². The number of rotatable bonds is 6. The zero-order chi connectivity index (χ0) is 20.4. The van der Waals surface area contributed by atoms with Crippen LogP contribution < -0.4 is 4.90 Å². The molecular formula is C21H28ClN5O2S. The first kappa shape index (κ1) is 22.7. The molecule has 1 aliphatic heterocycles. The van der Waals surface area contributed by atoms with Crippen molar-refractivity contribution in [2.24, 2.45) is 7.05 Å². The lowest BCUT2D eigenvalue weighted by Gasteiger charge is -2.27. The zero-order valence-corrected chi connectivity index (χ0v) is 19.3. The Morgan fingerprint density at radius 1 is 1.27 bits per heavy atom. The van der Waals surface area contributed by atoms with Gasteiger partial charge in [0.2, 0.25) is 0 Å². The molecule has 0 spiro atoms. The lowest BCUT2D eigenvalue weighted by molar-refractivity contribution is 0.0376. The number of ether oxygens (including phenoxy) is 1. The third kappa shape index (κ3) is 5.00. The Kier molecular flexibility index (Phi) is 7.46. The van der Waals surface area contributed by atoms with Crippen LogP contribution in [0.25, 0.3) is 10.2 Å². The highest BCUT2D eigenvalue weighted by atomic mass is 35.5. The van der Waals surface area contributed by atoms with Crippen LogP contribution in [0.5, 0.6) is 0 Å². The molecule has 3 aromatic rings. The predicted molar refractivity (Wildman–Crippen MR) is 123 cm³/mol. The molecule has 2 aromatic heterocycles. The van der Waals surface area contributed by atoms with Crippen LogP contribution in [-0.4, -0.2) is 65.0 Å². The summed E-state index contributed by atoms with van der Waals surface area (Å²) < 4.78 is 8.20. The Morgan fingerprint density at radius 2 is 2.03 bits per heavy atom. The van der Waals surface area contributed by atoms with Crippen LogP contribution in [0.15, 0.2) is 24.4 Å². The third-order valence-corrected chi connectivity index (χ3v) is 6.21. The number of benzene rings is 1. The molecule has 3 heterocycles. The van der Waals surface area contributed by atoms with E-state index in [2.05, 4.69) is 36.0 Å². The van der Waals surface area contributed by atoms with Crippen molar-refractivity contribution >= 4 is 45.0 Å². The Labute approximate surface area is 187 Å². The van der Waals surface area contributed by atoms with Gasteiger partial charge in [0.1, 0.15) is 0 Å². The fourth-order valence-electron chi connectivity index (χ4n) is 3.70. The van der Waals surface area contributed by atoms with Crippen LogP contribution in [0.3, 0.4) is 0 Å². The second kappa shape index (κ2) is 9.87. The maximum Gasteiger partial charge on any atom is 0.280 e. The molecule has 7 nitrogen and oxygen atoms in total. The minimum absolute atomic E-state index is 0. The van der Waals surface area contributed by atoms with Gasteiger partial charge in [-0.3, -0.25) is 19.3 Å². The normalized spacial score (nSPS) is 14.6. The summed E-state index contributed by atoms with van der Waals surface area (Å²) in [6.07, 6.45) is 2.68. The largest absolute Gasteiger partial charge is 0.379 e. The van der Waals surface area contributed by atoms with Gasteiger partial charge in [-0.15, -0.1) is 12.4 Å². The summed E-state index contributed by atoms with van der Waals surface area (Å²) >= 11 is 1.58. The Bertz CT molecular complexity index is 1010. The Balaban J connectivity index is 0.00000256. The number of aromatic nitrogens is 3. The molecule has 30 heavy (non-hydrogen) atoms. The molecule has 0 aliphatic carbocycles. The van der Waals surface area contributed by atoms with Gasteiger partial charge in [0, 0.05) is 39.4 Å². The fraction of sp³-hybridized carbons (Fsp3) is 0.476. The van der Waals surface area contributed by atoms with Gasteiger partial charge in [-0.25, -0.2) is 4.98 Å². The van der Waals surface area contributed by atoms with E-state index in [0.29, 0.717) is 12.2 Å². The van der Waals surface area contributed by atoms with E-state index < -0.39 is 0 Å². The average Bonchev–Trinajstić information content (AvgIpc) is 3.32. The third-order valence-electron chi connectivity index (χ3n) is 5.19. The van der Waals surface area contributed by atoms with Crippen molar-refractivity contribution in [3.8, 4) is 0 Å². The predicted octanol–water partition coefficient (Wildman–Crippen LogP) is 3.44. The highest BCUT2D eigenvalue weighted by Crippen LogP contribution is 2.32. The number of nitrogens with zero attached hydrogens (tertiary/aromatic N) is 5. The molecule has 1 aromatic carbocycles. The molecule has 0 saturated carbocycles. The molecular weight excluding hydrogens is 422 g/mol. The summed E-state index contributed by atoms with van der Waals surface area (Å²) in [7, 11) is 1.82. The van der Waals surface area contributed by atoms with Crippen molar-refractivity contribution in [1.82, 2.24) is 19.7 Å². The number of fused-ring (bicyclic) bond motifs is 1. The van der Waals surface area contributed by atoms with Crippen LogP contribution in [0.2, 0.25) is 0 Å². The second-order valence-corrected chi connectivity index (χ2v) is 8.57. The number of anilines is 1. The molecule has 4 rings (SSSR count). The number of hydrogen-bond donors (Lipinski definition) is 0. The van der Waals surface area contributed by atoms with Crippen molar-refractivity contribution in [3.05, 3.63) is 41.2 Å². The minimum atomic E-state index is -0.0963. The molecule has 0 N–H and O–H groups in total. The van der Waals surface area contributed by atoms with Crippen molar-refractivity contribution < 1.29 is 9.53 Å². The van der Waals surface area contributed by atoms with Crippen LogP contribution in [0.4, 0.5) is 5.13 Å². The van der Waals surface area contributed by atoms with E-state index in [1.807, 2.05) is 7.05 Å². The quantitative estimate of drug-likeness (QED) is 0.576. The standard InChI is InChI=1S/C21H27N5O2S.ClH/c1-15-13-16(2)19-18(14-15)29-21(22-19)26(20(27)17-5-8-24(3)23-17)7-4-6-25-9-11-28-12-10-25;/h5,8,13-14H,4,6-7,9-12H2,1-3H3;1H. The number of carbonyl (C=O) groups is 1. The summed E-state index contributed by atoms with van der Waals surface area (Å²) in [6, 6.07) is 6.04. The number of amides is 1. The zero-order valence-electron chi connectivity index (χ0n) is 17.6. The molecule has 9 heteroatoms. The van der Waals surface area contributed by atoms with Gasteiger partial charge in [-0.05, 0) is 43.5 Å². The van der Waals surface area contributed by atoms with Crippen molar-refractivity contribution in [2.75, 3.05) is 44.3 Å². The molecule has 1 aliphatic rings. The van der Waals surface area contributed by atoms with Gasteiger partial charge in [0.25, 0.3) is 5.91 Å².